The Morgan fingerprint density at radius 2 is 2.12 bits per heavy atom. The molecule has 0 spiro atoms. The molecular formula is C11H15N3O2S. The summed E-state index contributed by atoms with van der Waals surface area (Å²) in [6.45, 7) is 1.98. The zero-order valence-electron chi connectivity index (χ0n) is 10.1. The summed E-state index contributed by atoms with van der Waals surface area (Å²) < 4.78 is 0. The van der Waals surface area contributed by atoms with Crippen molar-refractivity contribution in [3.8, 4) is 0 Å². The van der Waals surface area contributed by atoms with Gasteiger partial charge in [0.1, 0.15) is 0 Å². The molecule has 92 valence electrons. The molecule has 0 atom stereocenters. The molecule has 17 heavy (non-hydrogen) atoms. The largest absolute Gasteiger partial charge is 0.302 e. The molecule has 6 heteroatoms. The lowest BCUT2D eigenvalue weighted by molar-refractivity contribution is -0.387. The first-order valence-corrected chi connectivity index (χ1v) is 6.02. The minimum absolute atomic E-state index is 0.123. The van der Waals surface area contributed by atoms with Crippen LogP contribution in [0.2, 0.25) is 0 Å². The molecule has 0 unspecified atom stereocenters. The highest BCUT2D eigenvalue weighted by molar-refractivity contribution is 8.14. The molecule has 0 amide bonds. The zero-order valence-corrected chi connectivity index (χ0v) is 10.9. The molecule has 5 nitrogen and oxygen atoms in total. The van der Waals surface area contributed by atoms with Crippen molar-refractivity contribution in [1.82, 2.24) is 5.01 Å². The van der Waals surface area contributed by atoms with Crippen molar-refractivity contribution in [3.63, 3.8) is 0 Å². The van der Waals surface area contributed by atoms with E-state index in [9.17, 15) is 10.1 Å². The molecule has 0 aliphatic heterocycles. The van der Waals surface area contributed by atoms with Gasteiger partial charge < -0.3 is 5.01 Å². The molecule has 0 fully saturated rings. The molecule has 0 aliphatic carbocycles. The van der Waals surface area contributed by atoms with Crippen LogP contribution < -0.4 is 0 Å². The quantitative estimate of drug-likeness (QED) is 0.272. The van der Waals surface area contributed by atoms with E-state index in [-0.39, 0.29) is 10.6 Å². The number of rotatable bonds is 4. The molecule has 0 N–H and O–H groups in total. The van der Waals surface area contributed by atoms with Crippen LogP contribution in [-0.4, -0.2) is 29.1 Å². The summed E-state index contributed by atoms with van der Waals surface area (Å²) in [5, 5.41) is 17.7. The van der Waals surface area contributed by atoms with Crippen LogP contribution in [0.1, 0.15) is 13.3 Å². The number of nitro benzene ring substituents is 1. The predicted molar refractivity (Wildman–Crippen MR) is 70.4 cm³/mol. The standard InChI is InChI=1S/C11H15N3O2S/c1-4-11(12-13(2)3)17-10-8-6-5-7-9(10)14(15)16/h5-8H,4H2,1-3H3/b12-11+. The number of para-hydroxylation sites is 1. The van der Waals surface area contributed by atoms with Crippen molar-refractivity contribution in [2.45, 2.75) is 18.2 Å². The third-order valence-electron chi connectivity index (χ3n) is 1.90. The van der Waals surface area contributed by atoms with Crippen molar-refractivity contribution < 1.29 is 4.92 Å². The topological polar surface area (TPSA) is 58.7 Å². The summed E-state index contributed by atoms with van der Waals surface area (Å²) in [6, 6.07) is 6.70. The lowest BCUT2D eigenvalue weighted by Crippen LogP contribution is -2.06. The molecule has 1 aromatic rings. The van der Waals surface area contributed by atoms with Crippen LogP contribution in [0.5, 0.6) is 0 Å². The van der Waals surface area contributed by atoms with Crippen LogP contribution in [0.3, 0.4) is 0 Å². The third-order valence-corrected chi connectivity index (χ3v) is 3.07. The van der Waals surface area contributed by atoms with E-state index < -0.39 is 0 Å². The summed E-state index contributed by atoms with van der Waals surface area (Å²) in [5.74, 6) is 0. The van der Waals surface area contributed by atoms with Crippen molar-refractivity contribution in [3.05, 3.63) is 34.4 Å². The zero-order chi connectivity index (χ0) is 12.8. The third kappa shape index (κ3) is 4.07. The van der Waals surface area contributed by atoms with Gasteiger partial charge in [-0.1, -0.05) is 30.8 Å². The van der Waals surface area contributed by atoms with Gasteiger partial charge >= 0.3 is 0 Å². The van der Waals surface area contributed by atoms with Gasteiger partial charge in [0.2, 0.25) is 0 Å². The second kappa shape index (κ2) is 6.24. The normalized spacial score (nSPS) is 11.4. The summed E-state index contributed by atoms with van der Waals surface area (Å²) in [6.07, 6.45) is 0.745. The van der Waals surface area contributed by atoms with Crippen molar-refractivity contribution in [2.75, 3.05) is 14.1 Å². The lowest BCUT2D eigenvalue weighted by Gasteiger charge is -2.08. The van der Waals surface area contributed by atoms with Crippen molar-refractivity contribution in [2.24, 2.45) is 5.10 Å². The van der Waals surface area contributed by atoms with Crippen molar-refractivity contribution in [1.29, 1.82) is 0 Å². The van der Waals surface area contributed by atoms with E-state index in [1.807, 2.05) is 21.0 Å². The smallest absolute Gasteiger partial charge is 0.283 e. The average Bonchev–Trinajstić information content (AvgIpc) is 2.28. The van der Waals surface area contributed by atoms with Crippen LogP contribution in [0.4, 0.5) is 5.69 Å². The van der Waals surface area contributed by atoms with E-state index in [1.165, 1.54) is 17.8 Å². The SMILES string of the molecule is CC/C(=N\N(C)C)Sc1ccccc1[N+](=O)[O-]. The van der Waals surface area contributed by atoms with E-state index in [4.69, 9.17) is 0 Å². The number of benzene rings is 1. The predicted octanol–water partition coefficient (Wildman–Crippen LogP) is 2.97. The van der Waals surface area contributed by atoms with Gasteiger partial charge in [-0.05, 0) is 12.5 Å². The first-order valence-electron chi connectivity index (χ1n) is 5.20. The fraction of sp³-hybridized carbons (Fsp3) is 0.364. The number of nitrogens with zero attached hydrogens (tertiary/aromatic N) is 3. The first-order chi connectivity index (χ1) is 8.04. The first kappa shape index (κ1) is 13.5. The van der Waals surface area contributed by atoms with Gasteiger partial charge in [-0.25, -0.2) is 0 Å². The molecule has 0 saturated carbocycles. The van der Waals surface area contributed by atoms with E-state index in [0.717, 1.165) is 11.5 Å². The van der Waals surface area contributed by atoms with Gasteiger partial charge in [-0.15, -0.1) is 0 Å². The minimum atomic E-state index is -0.370. The molecule has 0 saturated heterocycles. The lowest BCUT2D eigenvalue weighted by atomic mass is 10.3. The molecular weight excluding hydrogens is 238 g/mol. The second-order valence-corrected chi connectivity index (χ2v) is 4.64. The minimum Gasteiger partial charge on any atom is -0.302 e. The van der Waals surface area contributed by atoms with E-state index in [0.29, 0.717) is 4.90 Å². The Hall–Kier alpha value is -1.56. The van der Waals surface area contributed by atoms with Gasteiger partial charge in [-0.2, -0.15) is 5.10 Å². The van der Waals surface area contributed by atoms with E-state index in [1.54, 1.807) is 23.2 Å². The Labute approximate surface area is 105 Å². The van der Waals surface area contributed by atoms with Crippen LogP contribution in [0.25, 0.3) is 0 Å². The van der Waals surface area contributed by atoms with Crippen LogP contribution in [0.15, 0.2) is 34.3 Å². The summed E-state index contributed by atoms with van der Waals surface area (Å²) in [7, 11) is 3.66. The summed E-state index contributed by atoms with van der Waals surface area (Å²) in [4.78, 5) is 11.1. The highest BCUT2D eigenvalue weighted by atomic mass is 32.2. The van der Waals surface area contributed by atoms with E-state index >= 15 is 0 Å². The van der Waals surface area contributed by atoms with Crippen LogP contribution in [0, 0.1) is 10.1 Å². The Morgan fingerprint density at radius 3 is 2.65 bits per heavy atom. The number of hydrogen-bond acceptors (Lipinski definition) is 5. The molecule has 0 aromatic heterocycles. The van der Waals surface area contributed by atoms with Crippen molar-refractivity contribution >= 4 is 22.5 Å². The Bertz CT molecular complexity index is 432. The molecule has 1 aromatic carbocycles. The van der Waals surface area contributed by atoms with E-state index in [2.05, 4.69) is 5.10 Å². The summed E-state index contributed by atoms with van der Waals surface area (Å²) in [5.41, 5.74) is 0.123. The Kier molecular flexibility index (Phi) is 4.96. The van der Waals surface area contributed by atoms with Crippen LogP contribution in [-0.2, 0) is 0 Å². The van der Waals surface area contributed by atoms with Gasteiger partial charge in [0.15, 0.2) is 0 Å². The highest BCUT2D eigenvalue weighted by Gasteiger charge is 2.14. The highest BCUT2D eigenvalue weighted by Crippen LogP contribution is 2.30. The number of hydrogen-bond donors (Lipinski definition) is 0. The molecule has 0 heterocycles. The average molecular weight is 253 g/mol. The van der Waals surface area contributed by atoms with Gasteiger partial charge in [0, 0.05) is 20.2 Å². The molecule has 0 radical (unpaired) electrons. The summed E-state index contributed by atoms with van der Waals surface area (Å²) >= 11 is 1.34. The number of nitro groups is 1. The van der Waals surface area contributed by atoms with Gasteiger partial charge in [0.05, 0.1) is 14.9 Å². The molecule has 0 aliphatic rings. The van der Waals surface area contributed by atoms with Crippen LogP contribution >= 0.6 is 11.8 Å². The maximum absolute atomic E-state index is 10.9. The van der Waals surface area contributed by atoms with Gasteiger partial charge in [-0.3, -0.25) is 10.1 Å². The molecule has 1 rings (SSSR count). The fourth-order valence-electron chi connectivity index (χ4n) is 1.21. The maximum Gasteiger partial charge on any atom is 0.283 e. The maximum atomic E-state index is 10.9. The second-order valence-electron chi connectivity index (χ2n) is 3.52. The Morgan fingerprint density at radius 1 is 1.47 bits per heavy atom. The fourth-order valence-corrected chi connectivity index (χ4v) is 2.20. The Balaban J connectivity index is 2.98. The number of hydrazone groups is 1. The van der Waals surface area contributed by atoms with Gasteiger partial charge in [0.25, 0.3) is 5.69 Å². The molecule has 0 bridgehead atoms. The monoisotopic (exact) mass is 253 g/mol. The number of thioether (sulfide) groups is 1.